The summed E-state index contributed by atoms with van der Waals surface area (Å²) in [6.45, 7) is 0.311. The van der Waals surface area contributed by atoms with Gasteiger partial charge in [-0.2, -0.15) is 0 Å². The van der Waals surface area contributed by atoms with Crippen molar-refractivity contribution in [3.63, 3.8) is 0 Å². The first-order valence-electron chi connectivity index (χ1n) is 6.37. The Hall–Kier alpha value is -2.15. The number of imidazole rings is 1. The molecule has 0 amide bonds. The number of sulfone groups is 1. The maximum absolute atomic E-state index is 11.8. The standard InChI is InChI=1S/C14H16N2O4S/c1-21(19,20)12-5-3-2-4-11(12)10-13-15-7-9-16(13)8-6-14(17)18/h2-5,7,9H,6,8,10H2,1H3,(H,17,18). The predicted octanol–water partition coefficient (Wildman–Crippen LogP) is 1.35. The molecule has 0 aliphatic carbocycles. The summed E-state index contributed by atoms with van der Waals surface area (Å²) in [5.41, 5.74) is 0.655. The van der Waals surface area contributed by atoms with E-state index in [1.807, 2.05) is 0 Å². The summed E-state index contributed by atoms with van der Waals surface area (Å²) >= 11 is 0. The predicted molar refractivity (Wildman–Crippen MR) is 76.8 cm³/mol. The van der Waals surface area contributed by atoms with Crippen LogP contribution in [0.2, 0.25) is 0 Å². The number of aryl methyl sites for hydroxylation is 1. The van der Waals surface area contributed by atoms with Crippen LogP contribution in [-0.4, -0.2) is 35.3 Å². The van der Waals surface area contributed by atoms with E-state index in [1.165, 1.54) is 6.26 Å². The topological polar surface area (TPSA) is 89.3 Å². The van der Waals surface area contributed by atoms with Crippen molar-refractivity contribution in [2.75, 3.05) is 6.26 Å². The van der Waals surface area contributed by atoms with Crippen molar-refractivity contribution in [1.29, 1.82) is 0 Å². The SMILES string of the molecule is CS(=O)(=O)c1ccccc1Cc1nccn1CCC(=O)O. The van der Waals surface area contributed by atoms with E-state index in [9.17, 15) is 13.2 Å². The Balaban J connectivity index is 2.28. The largest absolute Gasteiger partial charge is 0.481 e. The smallest absolute Gasteiger partial charge is 0.305 e. The summed E-state index contributed by atoms with van der Waals surface area (Å²) in [6, 6.07) is 6.76. The Bertz CT molecular complexity index is 750. The highest BCUT2D eigenvalue weighted by Gasteiger charge is 2.14. The minimum Gasteiger partial charge on any atom is -0.481 e. The van der Waals surface area contributed by atoms with Crippen molar-refractivity contribution < 1.29 is 18.3 Å². The van der Waals surface area contributed by atoms with Gasteiger partial charge in [0.1, 0.15) is 5.82 Å². The van der Waals surface area contributed by atoms with Crippen LogP contribution in [0, 0.1) is 0 Å². The van der Waals surface area contributed by atoms with Crippen molar-refractivity contribution in [2.24, 2.45) is 0 Å². The highest BCUT2D eigenvalue weighted by Crippen LogP contribution is 2.18. The second kappa shape index (κ2) is 6.09. The number of carboxylic acids is 1. The maximum atomic E-state index is 11.8. The van der Waals surface area contributed by atoms with Gasteiger partial charge in [-0.1, -0.05) is 18.2 Å². The van der Waals surface area contributed by atoms with E-state index < -0.39 is 15.8 Å². The van der Waals surface area contributed by atoms with Crippen LogP contribution in [0.4, 0.5) is 0 Å². The number of nitrogens with zero attached hydrogens (tertiary/aromatic N) is 2. The molecule has 0 atom stereocenters. The lowest BCUT2D eigenvalue weighted by Crippen LogP contribution is -2.09. The third-order valence-corrected chi connectivity index (χ3v) is 4.29. The molecule has 0 bridgehead atoms. The molecule has 0 unspecified atom stereocenters. The third-order valence-electron chi connectivity index (χ3n) is 3.09. The first-order valence-corrected chi connectivity index (χ1v) is 8.27. The number of hydrogen-bond acceptors (Lipinski definition) is 4. The molecule has 1 N–H and O–H groups in total. The van der Waals surface area contributed by atoms with Crippen LogP contribution in [-0.2, 0) is 27.6 Å². The Morgan fingerprint density at radius 2 is 2.05 bits per heavy atom. The molecule has 6 nitrogen and oxygen atoms in total. The number of hydrogen-bond donors (Lipinski definition) is 1. The van der Waals surface area contributed by atoms with Gasteiger partial charge in [0.2, 0.25) is 0 Å². The number of rotatable bonds is 6. The first kappa shape index (κ1) is 15.2. The lowest BCUT2D eigenvalue weighted by molar-refractivity contribution is -0.137. The zero-order chi connectivity index (χ0) is 15.5. The summed E-state index contributed by atoms with van der Waals surface area (Å²) in [5, 5.41) is 8.73. The zero-order valence-corrected chi connectivity index (χ0v) is 12.4. The summed E-state index contributed by atoms with van der Waals surface area (Å²) in [7, 11) is -3.31. The minimum atomic E-state index is -3.31. The number of carboxylic acid groups (broad SMARTS) is 1. The van der Waals surface area contributed by atoms with Crippen molar-refractivity contribution in [1.82, 2.24) is 9.55 Å². The van der Waals surface area contributed by atoms with E-state index in [0.29, 0.717) is 24.4 Å². The molecular weight excluding hydrogens is 292 g/mol. The van der Waals surface area contributed by atoms with Gasteiger partial charge in [-0.05, 0) is 11.6 Å². The third kappa shape index (κ3) is 3.91. The van der Waals surface area contributed by atoms with Gasteiger partial charge < -0.3 is 9.67 Å². The molecule has 0 fully saturated rings. The van der Waals surface area contributed by atoms with Crippen molar-refractivity contribution in [3.8, 4) is 0 Å². The number of aliphatic carboxylic acids is 1. The Labute approximate surface area is 123 Å². The minimum absolute atomic E-state index is 0.00289. The van der Waals surface area contributed by atoms with Crippen LogP contribution >= 0.6 is 0 Å². The molecule has 7 heteroatoms. The quantitative estimate of drug-likeness (QED) is 0.870. The van der Waals surface area contributed by atoms with Crippen LogP contribution in [0.15, 0.2) is 41.6 Å². The molecular formula is C14H16N2O4S. The lowest BCUT2D eigenvalue weighted by atomic mass is 10.1. The number of carbonyl (C=O) groups is 1. The molecule has 0 aliphatic rings. The van der Waals surface area contributed by atoms with E-state index >= 15 is 0 Å². The van der Waals surface area contributed by atoms with Crippen molar-refractivity contribution in [3.05, 3.63) is 48.0 Å². The van der Waals surface area contributed by atoms with E-state index in [2.05, 4.69) is 4.98 Å². The van der Waals surface area contributed by atoms with Crippen LogP contribution in [0.5, 0.6) is 0 Å². The molecule has 112 valence electrons. The molecule has 0 saturated heterocycles. The van der Waals surface area contributed by atoms with Gasteiger partial charge in [0.05, 0.1) is 11.3 Å². The second-order valence-corrected chi connectivity index (χ2v) is 6.72. The molecule has 0 saturated carbocycles. The van der Waals surface area contributed by atoms with E-state index in [0.717, 1.165) is 0 Å². The summed E-state index contributed by atoms with van der Waals surface area (Å²) in [6.07, 6.45) is 4.79. The number of aromatic nitrogens is 2. The monoisotopic (exact) mass is 308 g/mol. The van der Waals surface area contributed by atoms with Gasteiger partial charge in [-0.3, -0.25) is 4.79 Å². The molecule has 1 aromatic heterocycles. The lowest BCUT2D eigenvalue weighted by Gasteiger charge is -2.09. The summed E-state index contributed by atoms with van der Waals surface area (Å²) in [4.78, 5) is 15.1. The van der Waals surface area contributed by atoms with E-state index in [4.69, 9.17) is 5.11 Å². The Morgan fingerprint density at radius 1 is 1.33 bits per heavy atom. The van der Waals surface area contributed by atoms with Gasteiger partial charge in [-0.15, -0.1) is 0 Å². The van der Waals surface area contributed by atoms with Gasteiger partial charge in [0.25, 0.3) is 0 Å². The second-order valence-electron chi connectivity index (χ2n) is 4.74. The average Bonchev–Trinajstić information content (AvgIpc) is 2.83. The van der Waals surface area contributed by atoms with Crippen LogP contribution in [0.3, 0.4) is 0 Å². The van der Waals surface area contributed by atoms with E-state index in [-0.39, 0.29) is 11.3 Å². The van der Waals surface area contributed by atoms with Crippen LogP contribution in [0.1, 0.15) is 17.8 Å². The summed E-state index contributed by atoms with van der Waals surface area (Å²) in [5.74, 6) is -0.237. The fourth-order valence-electron chi connectivity index (χ4n) is 2.11. The molecule has 2 rings (SSSR count). The van der Waals surface area contributed by atoms with Gasteiger partial charge in [0, 0.05) is 31.6 Å². The molecule has 21 heavy (non-hydrogen) atoms. The number of benzene rings is 1. The van der Waals surface area contributed by atoms with Gasteiger partial charge >= 0.3 is 5.97 Å². The van der Waals surface area contributed by atoms with Crippen LogP contribution < -0.4 is 0 Å². The fraction of sp³-hybridized carbons (Fsp3) is 0.286. The van der Waals surface area contributed by atoms with E-state index in [1.54, 1.807) is 41.2 Å². The summed E-state index contributed by atoms with van der Waals surface area (Å²) < 4.78 is 25.3. The van der Waals surface area contributed by atoms with Crippen molar-refractivity contribution in [2.45, 2.75) is 24.3 Å². The fourth-order valence-corrected chi connectivity index (χ4v) is 3.05. The first-order chi connectivity index (χ1) is 9.88. The highest BCUT2D eigenvalue weighted by atomic mass is 32.2. The highest BCUT2D eigenvalue weighted by molar-refractivity contribution is 7.90. The maximum Gasteiger partial charge on any atom is 0.305 e. The van der Waals surface area contributed by atoms with Gasteiger partial charge in [-0.25, -0.2) is 13.4 Å². The molecule has 0 spiro atoms. The Kier molecular flexibility index (Phi) is 4.42. The van der Waals surface area contributed by atoms with Crippen LogP contribution in [0.25, 0.3) is 0 Å². The average molecular weight is 308 g/mol. The normalized spacial score (nSPS) is 11.5. The molecule has 1 heterocycles. The molecule has 1 aromatic carbocycles. The molecule has 0 aliphatic heterocycles. The Morgan fingerprint density at radius 3 is 2.71 bits per heavy atom. The van der Waals surface area contributed by atoms with Gasteiger partial charge in [0.15, 0.2) is 9.84 Å². The molecule has 0 radical (unpaired) electrons. The molecule has 2 aromatic rings. The zero-order valence-electron chi connectivity index (χ0n) is 11.6. The van der Waals surface area contributed by atoms with Crippen molar-refractivity contribution >= 4 is 15.8 Å².